The summed E-state index contributed by atoms with van der Waals surface area (Å²) in [6, 6.07) is 14.7. The number of hydrogen-bond acceptors (Lipinski definition) is 3. The van der Waals surface area contributed by atoms with Gasteiger partial charge in [0.2, 0.25) is 0 Å². The summed E-state index contributed by atoms with van der Waals surface area (Å²) in [6.07, 6.45) is 1.66. The van der Waals surface area contributed by atoms with Crippen LogP contribution in [0.5, 0.6) is 0 Å². The van der Waals surface area contributed by atoms with Crippen LogP contribution in [-0.4, -0.2) is 11.5 Å². The zero-order valence-electron chi connectivity index (χ0n) is 11.8. The zero-order chi connectivity index (χ0) is 14.8. The smallest absolute Gasteiger partial charge is 0.151 e. The minimum Gasteiger partial charge on any atom is -0.398 e. The molecule has 0 bridgehead atoms. The highest BCUT2D eigenvalue weighted by atomic mass is 19.1. The molecule has 0 spiro atoms. The number of para-hydroxylation sites is 1. The molecule has 0 fully saturated rings. The number of nitrogens with two attached hydrogens (primary N) is 1. The molecule has 0 saturated carbocycles. The number of fused-ring (bicyclic) bond motifs is 1. The van der Waals surface area contributed by atoms with Gasteiger partial charge in [-0.15, -0.1) is 0 Å². The van der Waals surface area contributed by atoms with Crippen molar-refractivity contribution in [2.24, 2.45) is 0 Å². The van der Waals surface area contributed by atoms with Gasteiger partial charge in [0.25, 0.3) is 0 Å². The third kappa shape index (κ3) is 2.29. The maximum atomic E-state index is 14.5. The maximum Gasteiger partial charge on any atom is 0.151 e. The first-order valence-corrected chi connectivity index (χ1v) is 6.87. The van der Waals surface area contributed by atoms with E-state index in [1.807, 2.05) is 48.2 Å². The first-order valence-electron chi connectivity index (χ1n) is 6.87. The van der Waals surface area contributed by atoms with Crippen LogP contribution in [0.1, 0.15) is 6.92 Å². The lowest BCUT2D eigenvalue weighted by molar-refractivity contribution is 0.628. The van der Waals surface area contributed by atoms with Gasteiger partial charge in [-0.25, -0.2) is 4.39 Å². The van der Waals surface area contributed by atoms with E-state index >= 15 is 0 Å². The van der Waals surface area contributed by atoms with E-state index in [9.17, 15) is 4.39 Å². The van der Waals surface area contributed by atoms with Crippen molar-refractivity contribution in [3.63, 3.8) is 0 Å². The lowest BCUT2D eigenvalue weighted by atomic mass is 10.1. The summed E-state index contributed by atoms with van der Waals surface area (Å²) in [5, 5.41) is 0.767. The molecule has 0 amide bonds. The van der Waals surface area contributed by atoms with E-state index in [-0.39, 0.29) is 5.82 Å². The van der Waals surface area contributed by atoms with Crippen molar-refractivity contribution in [3.8, 4) is 0 Å². The molecule has 3 nitrogen and oxygen atoms in total. The molecule has 106 valence electrons. The largest absolute Gasteiger partial charge is 0.398 e. The summed E-state index contributed by atoms with van der Waals surface area (Å²) in [4.78, 5) is 6.24. The molecule has 2 aromatic carbocycles. The summed E-state index contributed by atoms with van der Waals surface area (Å²) in [5.74, 6) is -0.357. The monoisotopic (exact) mass is 281 g/mol. The Kier molecular flexibility index (Phi) is 3.44. The molecule has 0 aliphatic rings. The van der Waals surface area contributed by atoms with Gasteiger partial charge >= 0.3 is 0 Å². The number of hydrogen-bond donors (Lipinski definition) is 1. The maximum absolute atomic E-state index is 14.5. The average molecular weight is 281 g/mol. The van der Waals surface area contributed by atoms with E-state index in [4.69, 9.17) is 5.73 Å². The molecule has 3 aromatic rings. The molecule has 0 atom stereocenters. The average Bonchev–Trinajstić information content (AvgIpc) is 2.52. The van der Waals surface area contributed by atoms with Crippen molar-refractivity contribution in [3.05, 3.63) is 60.5 Å². The molecular formula is C17H16FN3. The molecular weight excluding hydrogens is 265 g/mol. The number of benzene rings is 2. The molecule has 1 heterocycles. The fraction of sp³-hybridized carbons (Fsp3) is 0.118. The van der Waals surface area contributed by atoms with Gasteiger partial charge in [-0.05, 0) is 37.3 Å². The van der Waals surface area contributed by atoms with Crippen LogP contribution in [0.4, 0.5) is 21.5 Å². The SMILES string of the molecule is CCN(c1ccccc1)c1c(F)cc(N)c2cccnc12. The van der Waals surface area contributed by atoms with Crippen molar-refractivity contribution in [2.45, 2.75) is 6.92 Å². The lowest BCUT2D eigenvalue weighted by Gasteiger charge is -2.25. The molecule has 4 heteroatoms. The number of rotatable bonds is 3. The molecule has 3 rings (SSSR count). The fourth-order valence-electron chi connectivity index (χ4n) is 2.56. The standard InChI is InChI=1S/C17H16FN3/c1-2-21(12-7-4-3-5-8-12)17-14(18)11-15(19)13-9-6-10-20-16(13)17/h3-11H,2,19H2,1H3. The van der Waals surface area contributed by atoms with Gasteiger partial charge in [-0.2, -0.15) is 0 Å². The first-order chi connectivity index (χ1) is 10.2. The van der Waals surface area contributed by atoms with Crippen molar-refractivity contribution in [1.82, 2.24) is 4.98 Å². The van der Waals surface area contributed by atoms with E-state index in [2.05, 4.69) is 4.98 Å². The Morgan fingerprint density at radius 2 is 1.90 bits per heavy atom. The summed E-state index contributed by atoms with van der Waals surface area (Å²) in [5.41, 5.74) is 8.29. The van der Waals surface area contributed by atoms with Gasteiger partial charge in [0.05, 0.1) is 5.52 Å². The van der Waals surface area contributed by atoms with Crippen molar-refractivity contribution in [1.29, 1.82) is 0 Å². The Labute approximate surface area is 122 Å². The molecule has 0 aliphatic carbocycles. The van der Waals surface area contributed by atoms with Crippen molar-refractivity contribution in [2.75, 3.05) is 17.2 Å². The molecule has 0 aliphatic heterocycles. The first kappa shape index (κ1) is 13.4. The Hall–Kier alpha value is -2.62. The lowest BCUT2D eigenvalue weighted by Crippen LogP contribution is -2.18. The van der Waals surface area contributed by atoms with E-state index in [1.54, 1.807) is 12.3 Å². The highest BCUT2D eigenvalue weighted by Gasteiger charge is 2.18. The van der Waals surface area contributed by atoms with Gasteiger partial charge in [-0.3, -0.25) is 4.98 Å². The minimum absolute atomic E-state index is 0.357. The molecule has 1 aromatic heterocycles. The summed E-state index contributed by atoms with van der Waals surface area (Å²) >= 11 is 0. The zero-order valence-corrected chi connectivity index (χ0v) is 11.8. The van der Waals surface area contributed by atoms with Crippen LogP contribution in [0.3, 0.4) is 0 Å². The van der Waals surface area contributed by atoms with Crippen LogP contribution in [-0.2, 0) is 0 Å². The van der Waals surface area contributed by atoms with Crippen LogP contribution >= 0.6 is 0 Å². The van der Waals surface area contributed by atoms with E-state index in [0.717, 1.165) is 11.1 Å². The summed E-state index contributed by atoms with van der Waals surface area (Å²) in [6.45, 7) is 2.62. The Bertz CT molecular complexity index is 772. The quantitative estimate of drug-likeness (QED) is 0.734. The molecule has 0 saturated heterocycles. The Morgan fingerprint density at radius 1 is 1.14 bits per heavy atom. The number of anilines is 3. The molecule has 0 radical (unpaired) electrons. The second kappa shape index (κ2) is 5.40. The molecule has 0 unspecified atom stereocenters. The van der Waals surface area contributed by atoms with Crippen LogP contribution in [0.25, 0.3) is 10.9 Å². The Balaban J connectivity index is 2.28. The van der Waals surface area contributed by atoms with Gasteiger partial charge < -0.3 is 10.6 Å². The number of nitrogen functional groups attached to an aromatic ring is 1. The normalized spacial score (nSPS) is 10.8. The van der Waals surface area contributed by atoms with Gasteiger partial charge in [-0.1, -0.05) is 18.2 Å². The predicted octanol–water partition coefficient (Wildman–Crippen LogP) is 4.11. The highest BCUT2D eigenvalue weighted by molar-refractivity contribution is 6.00. The number of nitrogens with zero attached hydrogens (tertiary/aromatic N) is 2. The van der Waals surface area contributed by atoms with Gasteiger partial charge in [0.15, 0.2) is 5.82 Å². The minimum atomic E-state index is -0.357. The topological polar surface area (TPSA) is 42.1 Å². The second-order valence-electron chi connectivity index (χ2n) is 4.78. The van der Waals surface area contributed by atoms with Gasteiger partial charge in [0.1, 0.15) is 5.69 Å². The third-order valence-corrected chi connectivity index (χ3v) is 3.51. The number of aromatic nitrogens is 1. The van der Waals surface area contributed by atoms with E-state index < -0.39 is 0 Å². The predicted molar refractivity (Wildman–Crippen MR) is 85.2 cm³/mol. The van der Waals surface area contributed by atoms with Crippen LogP contribution in [0.15, 0.2) is 54.7 Å². The van der Waals surface area contributed by atoms with Crippen molar-refractivity contribution < 1.29 is 4.39 Å². The Morgan fingerprint density at radius 3 is 2.62 bits per heavy atom. The number of halogens is 1. The third-order valence-electron chi connectivity index (χ3n) is 3.51. The molecule has 2 N–H and O–H groups in total. The van der Waals surface area contributed by atoms with Crippen LogP contribution in [0.2, 0.25) is 0 Å². The number of pyridine rings is 1. The van der Waals surface area contributed by atoms with Gasteiger partial charge in [0, 0.05) is 29.5 Å². The van der Waals surface area contributed by atoms with Crippen molar-refractivity contribution >= 4 is 28.0 Å². The summed E-state index contributed by atoms with van der Waals surface area (Å²) in [7, 11) is 0. The fourth-order valence-corrected chi connectivity index (χ4v) is 2.56. The summed E-state index contributed by atoms with van der Waals surface area (Å²) < 4.78 is 14.5. The van der Waals surface area contributed by atoms with E-state index in [0.29, 0.717) is 23.4 Å². The second-order valence-corrected chi connectivity index (χ2v) is 4.78. The van der Waals surface area contributed by atoms with Crippen LogP contribution in [0, 0.1) is 5.82 Å². The van der Waals surface area contributed by atoms with E-state index in [1.165, 1.54) is 6.07 Å². The van der Waals surface area contributed by atoms with Crippen LogP contribution < -0.4 is 10.6 Å². The molecule has 21 heavy (non-hydrogen) atoms. The highest BCUT2D eigenvalue weighted by Crippen LogP contribution is 2.36.